The maximum atomic E-state index is 11.9. The smallest absolute Gasteiger partial charge is 0.508 e. The number of nitrogens with zero attached hydrogens (tertiary/aromatic N) is 1. The number of benzene rings is 1. The largest absolute Gasteiger partial charge is 0.628 e. The van der Waals surface area contributed by atoms with Crippen LogP contribution in [0.3, 0.4) is 0 Å². The summed E-state index contributed by atoms with van der Waals surface area (Å²) < 4.78 is 9.21. The molecule has 6 heteroatoms. The molecule has 0 radical (unpaired) electrons. The van der Waals surface area contributed by atoms with E-state index in [0.717, 1.165) is 5.56 Å². The number of rotatable bonds is 9. The highest BCUT2D eigenvalue weighted by atomic mass is 16.7. The molecule has 0 aliphatic carbocycles. The molecule has 6 nitrogen and oxygen atoms in total. The van der Waals surface area contributed by atoms with E-state index >= 15 is 0 Å². The minimum Gasteiger partial charge on any atom is -0.628 e. The van der Waals surface area contributed by atoms with Gasteiger partial charge in [0.15, 0.2) is 0 Å². The van der Waals surface area contributed by atoms with Gasteiger partial charge in [-0.2, -0.15) is 0 Å². The van der Waals surface area contributed by atoms with Gasteiger partial charge < -0.3 is 24.4 Å². The van der Waals surface area contributed by atoms with E-state index < -0.39 is 10.8 Å². The van der Waals surface area contributed by atoms with Crippen molar-refractivity contribution in [1.29, 1.82) is 0 Å². The van der Waals surface area contributed by atoms with E-state index in [-0.39, 0.29) is 19.8 Å². The van der Waals surface area contributed by atoms with Gasteiger partial charge in [-0.25, -0.2) is 4.79 Å². The van der Waals surface area contributed by atoms with Gasteiger partial charge in [-0.15, -0.1) is 0 Å². The summed E-state index contributed by atoms with van der Waals surface area (Å²) in [4.78, 5) is 11.4. The molecule has 0 aromatic heterocycles. The predicted octanol–water partition coefficient (Wildman–Crippen LogP) is 2.57. The van der Waals surface area contributed by atoms with Gasteiger partial charge in [0, 0.05) is 12.7 Å². The van der Waals surface area contributed by atoms with Crippen molar-refractivity contribution in [3.8, 4) is 0 Å². The van der Waals surface area contributed by atoms with Crippen LogP contribution in [0.1, 0.15) is 18.4 Å². The van der Waals surface area contributed by atoms with E-state index in [0.29, 0.717) is 19.4 Å². The third-order valence-electron chi connectivity index (χ3n) is 2.93. The lowest BCUT2D eigenvalue weighted by Gasteiger charge is -2.34. The van der Waals surface area contributed by atoms with E-state index in [1.807, 2.05) is 30.3 Å². The van der Waals surface area contributed by atoms with Crippen molar-refractivity contribution >= 4 is 6.16 Å². The lowest BCUT2D eigenvalue weighted by atomic mass is 10.2. The summed E-state index contributed by atoms with van der Waals surface area (Å²) in [6.07, 6.45) is 3.39. The van der Waals surface area contributed by atoms with Crippen LogP contribution in [-0.4, -0.2) is 42.7 Å². The molecule has 1 rings (SSSR count). The zero-order valence-corrected chi connectivity index (χ0v) is 12.8. The van der Waals surface area contributed by atoms with Gasteiger partial charge in [-0.1, -0.05) is 30.3 Å². The summed E-state index contributed by atoms with van der Waals surface area (Å²) in [7, 11) is 1.50. The summed E-state index contributed by atoms with van der Waals surface area (Å²) in [5.41, 5.74) is 0.877. The fraction of sp³-hybridized carbons (Fsp3) is 0.438. The summed E-state index contributed by atoms with van der Waals surface area (Å²) >= 11 is 0. The first-order chi connectivity index (χ1) is 10.5. The van der Waals surface area contributed by atoms with Crippen LogP contribution in [-0.2, 0) is 16.1 Å². The van der Waals surface area contributed by atoms with Crippen LogP contribution in [0.5, 0.6) is 0 Å². The average Bonchev–Trinajstić information content (AvgIpc) is 2.51. The number of aliphatic hydroxyl groups is 1. The number of ether oxygens (including phenoxy) is 2. The molecule has 0 saturated heterocycles. The Bertz CT molecular complexity index is 459. The Balaban J connectivity index is 2.19. The van der Waals surface area contributed by atoms with Crippen LogP contribution in [0.2, 0.25) is 0 Å². The fourth-order valence-electron chi connectivity index (χ4n) is 1.75. The van der Waals surface area contributed by atoms with Crippen LogP contribution in [0.15, 0.2) is 42.6 Å². The third-order valence-corrected chi connectivity index (χ3v) is 2.93. The highest BCUT2D eigenvalue weighted by Gasteiger charge is 2.06. The maximum absolute atomic E-state index is 11.9. The Morgan fingerprint density at radius 1 is 1.27 bits per heavy atom. The number of aliphatic hydroxyl groups excluding tert-OH is 1. The molecule has 1 unspecified atom stereocenters. The van der Waals surface area contributed by atoms with Crippen molar-refractivity contribution in [3.05, 3.63) is 53.4 Å². The second-order valence-corrected chi connectivity index (χ2v) is 5.05. The molecule has 1 aromatic carbocycles. The number of hydrogen-bond acceptors (Lipinski definition) is 5. The molecule has 1 atom stereocenters. The zero-order chi connectivity index (χ0) is 16.3. The number of unbranched alkanes of at least 4 members (excludes halogenated alkanes) is 1. The van der Waals surface area contributed by atoms with Gasteiger partial charge in [0.25, 0.3) is 0 Å². The highest BCUT2D eigenvalue weighted by molar-refractivity contribution is 5.60. The average molecular weight is 309 g/mol. The molecule has 122 valence electrons. The van der Waals surface area contributed by atoms with E-state index in [1.165, 1.54) is 19.3 Å². The molecule has 0 fully saturated rings. The highest BCUT2D eigenvalue weighted by Crippen LogP contribution is 2.05. The second kappa shape index (κ2) is 9.94. The molecule has 22 heavy (non-hydrogen) atoms. The van der Waals surface area contributed by atoms with Gasteiger partial charge >= 0.3 is 6.16 Å². The summed E-state index contributed by atoms with van der Waals surface area (Å²) in [5.74, 6) is 0. The molecule has 0 bridgehead atoms. The number of quaternary nitrogens is 1. The number of carbonyl (C=O) groups excluding carboxylic acids is 1. The van der Waals surface area contributed by atoms with Crippen LogP contribution in [0.4, 0.5) is 4.79 Å². The zero-order valence-electron chi connectivity index (χ0n) is 12.8. The molecule has 0 spiro atoms. The molecule has 0 heterocycles. The molecule has 0 saturated carbocycles. The maximum Gasteiger partial charge on any atom is 0.508 e. The Labute approximate surface area is 130 Å². The minimum atomic E-state index is -0.770. The molecule has 0 aliphatic heterocycles. The van der Waals surface area contributed by atoms with Crippen molar-refractivity contribution in [2.24, 2.45) is 0 Å². The monoisotopic (exact) mass is 309 g/mol. The first-order valence-corrected chi connectivity index (χ1v) is 7.22. The quantitative estimate of drug-likeness (QED) is 0.328. The summed E-state index contributed by atoms with van der Waals surface area (Å²) in [6.45, 7) is 0.596. The number of hydroxylamine groups is 3. The Morgan fingerprint density at radius 2 is 2.00 bits per heavy atom. The Kier molecular flexibility index (Phi) is 8.21. The predicted molar refractivity (Wildman–Crippen MR) is 82.5 cm³/mol. The van der Waals surface area contributed by atoms with Crippen molar-refractivity contribution in [2.75, 3.05) is 26.8 Å². The van der Waals surface area contributed by atoms with Gasteiger partial charge in [0.05, 0.1) is 19.8 Å². The number of hydrogen-bond donors (Lipinski definition) is 1. The second-order valence-electron chi connectivity index (χ2n) is 5.05. The topological polar surface area (TPSA) is 78.8 Å². The first-order valence-electron chi connectivity index (χ1n) is 7.22. The lowest BCUT2D eigenvalue weighted by Crippen LogP contribution is -2.32. The van der Waals surface area contributed by atoms with Crippen LogP contribution < -0.4 is 0 Å². The van der Waals surface area contributed by atoms with Gasteiger partial charge in [-0.3, -0.25) is 0 Å². The van der Waals surface area contributed by atoms with E-state index in [1.54, 1.807) is 0 Å². The molecule has 0 aliphatic rings. The minimum absolute atomic E-state index is 0.0102. The van der Waals surface area contributed by atoms with Crippen LogP contribution >= 0.6 is 0 Å². The summed E-state index contributed by atoms with van der Waals surface area (Å²) in [5, 5.41) is 20.6. The van der Waals surface area contributed by atoms with Gasteiger partial charge in [0.1, 0.15) is 13.2 Å². The third kappa shape index (κ3) is 8.41. The normalized spacial score (nSPS) is 13.8. The molecule has 1 aromatic rings. The first kappa shape index (κ1) is 18.2. The molecule has 1 N–H and O–H groups in total. The molecular formula is C16H23NO5. The lowest BCUT2D eigenvalue weighted by molar-refractivity contribution is -0.808. The van der Waals surface area contributed by atoms with Gasteiger partial charge in [-0.05, 0) is 18.4 Å². The van der Waals surface area contributed by atoms with E-state index in [2.05, 4.69) is 0 Å². The number of carbonyl (C=O) groups is 1. The molecule has 0 amide bonds. The van der Waals surface area contributed by atoms with E-state index in [9.17, 15) is 10.0 Å². The molecular weight excluding hydrogens is 286 g/mol. The van der Waals surface area contributed by atoms with Crippen molar-refractivity contribution < 1.29 is 24.0 Å². The SMILES string of the molecule is C[N+]([O-])(C=CCOC(=O)OCc1ccccc1)CCCCO. The van der Waals surface area contributed by atoms with E-state index in [4.69, 9.17) is 14.6 Å². The van der Waals surface area contributed by atoms with Crippen molar-refractivity contribution in [2.45, 2.75) is 19.4 Å². The summed E-state index contributed by atoms with van der Waals surface area (Å²) in [6, 6.07) is 9.29. The fourth-order valence-corrected chi connectivity index (χ4v) is 1.75. The van der Waals surface area contributed by atoms with Gasteiger partial charge in [0.2, 0.25) is 0 Å². The van der Waals surface area contributed by atoms with Crippen LogP contribution in [0.25, 0.3) is 0 Å². The van der Waals surface area contributed by atoms with Crippen LogP contribution in [0, 0.1) is 5.21 Å². The Morgan fingerprint density at radius 3 is 2.68 bits per heavy atom. The standard InChI is InChI=1S/C16H23NO5/c1-17(20,10-5-6-12-18)11-7-13-21-16(19)22-14-15-8-3-2-4-9-15/h2-4,7-9,11,18H,5-6,10,12-14H2,1H3. The van der Waals surface area contributed by atoms with Crippen molar-refractivity contribution in [1.82, 2.24) is 0 Å². The Hall–Kier alpha value is -1.89. The van der Waals surface area contributed by atoms with Crippen molar-refractivity contribution in [3.63, 3.8) is 0 Å².